The fraction of sp³-hybridized carbons (Fsp3) is 0.0303. The molecule has 0 saturated carbocycles. The average Bonchev–Trinajstić information content (AvgIpc) is 3.30. The molecule has 0 unspecified atom stereocenters. The van der Waals surface area contributed by atoms with Crippen molar-refractivity contribution >= 4 is 23.8 Å². The summed E-state index contributed by atoms with van der Waals surface area (Å²) in [5.74, 6) is 2.51. The summed E-state index contributed by atoms with van der Waals surface area (Å²) in [5.41, 5.74) is 6.10. The first kappa shape index (κ1) is 24.9. The van der Waals surface area contributed by atoms with Crippen LogP contribution in [-0.2, 0) is 28.8 Å². The van der Waals surface area contributed by atoms with Crippen molar-refractivity contribution in [1.82, 2.24) is 0 Å². The molecule has 2 heteroatoms. The van der Waals surface area contributed by atoms with Crippen LogP contribution in [0.3, 0.4) is 0 Å². The van der Waals surface area contributed by atoms with Gasteiger partial charge in [0.1, 0.15) is 15.9 Å². The number of rotatable bonds is 3. The van der Waals surface area contributed by atoms with E-state index in [1.54, 1.807) is 0 Å². The van der Waals surface area contributed by atoms with E-state index in [-0.39, 0.29) is 22.4 Å². The smallest absolute Gasteiger partial charge is 0.366 e. The molecule has 35 heavy (non-hydrogen) atoms. The molecule has 0 bridgehead atoms. The SMILES string of the molecule is [Au+].[C-]#Cc1cccc2c1Cc1ccccc1-2.c1ccc([PH+](c2ccccc2)c2ccccc2)cc1. The summed E-state index contributed by atoms with van der Waals surface area (Å²) in [7, 11) is -0.877. The number of fused-ring (bicyclic) bond motifs is 3. The summed E-state index contributed by atoms with van der Waals surface area (Å²) < 4.78 is 0. The molecule has 0 nitrogen and oxygen atoms in total. The second-order valence-electron chi connectivity index (χ2n) is 8.26. The minimum atomic E-state index is -0.877. The van der Waals surface area contributed by atoms with Crippen LogP contribution in [0.5, 0.6) is 0 Å². The van der Waals surface area contributed by atoms with E-state index in [9.17, 15) is 0 Å². The number of hydrogen-bond donors (Lipinski definition) is 0. The first-order valence-electron chi connectivity index (χ1n) is 11.5. The van der Waals surface area contributed by atoms with Gasteiger partial charge in [0, 0.05) is 0 Å². The van der Waals surface area contributed by atoms with Crippen LogP contribution in [0.25, 0.3) is 11.1 Å². The molecule has 0 atom stereocenters. The van der Waals surface area contributed by atoms with Gasteiger partial charge < -0.3 is 6.42 Å². The molecule has 1 aliphatic rings. The predicted molar refractivity (Wildman–Crippen MR) is 147 cm³/mol. The molecule has 0 amide bonds. The van der Waals surface area contributed by atoms with Gasteiger partial charge in [-0.1, -0.05) is 91.0 Å². The van der Waals surface area contributed by atoms with Gasteiger partial charge in [0.25, 0.3) is 0 Å². The monoisotopic (exact) mass is 649 g/mol. The van der Waals surface area contributed by atoms with Crippen molar-refractivity contribution in [2.45, 2.75) is 6.42 Å². The molecular weight excluding hydrogens is 624 g/mol. The van der Waals surface area contributed by atoms with Gasteiger partial charge in [-0.05, 0) is 59.5 Å². The maximum Gasteiger partial charge on any atom is 1.00 e. The zero-order chi connectivity index (χ0) is 23.2. The molecule has 0 fully saturated rings. The van der Waals surface area contributed by atoms with Crippen LogP contribution in [0.2, 0.25) is 0 Å². The van der Waals surface area contributed by atoms with Crippen molar-refractivity contribution in [3.05, 3.63) is 157 Å². The molecule has 0 saturated heterocycles. The summed E-state index contributed by atoms with van der Waals surface area (Å²) in [6.45, 7) is 0. The van der Waals surface area contributed by atoms with Gasteiger partial charge in [0.05, 0.1) is 7.92 Å². The van der Waals surface area contributed by atoms with E-state index in [1.165, 1.54) is 38.2 Å². The van der Waals surface area contributed by atoms with Crippen LogP contribution >= 0.6 is 7.92 Å². The molecule has 0 aromatic heterocycles. The van der Waals surface area contributed by atoms with E-state index in [2.05, 4.69) is 127 Å². The molecular formula is C33H25AuP+. The molecule has 172 valence electrons. The Morgan fingerprint density at radius 2 is 0.971 bits per heavy atom. The largest absolute Gasteiger partial charge is 1.00 e. The number of hydrogen-bond acceptors (Lipinski definition) is 0. The van der Waals surface area contributed by atoms with E-state index in [1.807, 2.05) is 12.1 Å². The third-order valence-electron chi connectivity index (χ3n) is 6.17. The van der Waals surface area contributed by atoms with Crippen molar-refractivity contribution in [2.75, 3.05) is 0 Å². The minimum Gasteiger partial charge on any atom is -0.366 e. The summed E-state index contributed by atoms with van der Waals surface area (Å²) in [5, 5.41) is 4.31. The summed E-state index contributed by atoms with van der Waals surface area (Å²) in [6, 6.07) is 47.0. The Morgan fingerprint density at radius 1 is 0.514 bits per heavy atom. The normalized spacial score (nSPS) is 10.7. The van der Waals surface area contributed by atoms with Crippen molar-refractivity contribution in [2.24, 2.45) is 0 Å². The van der Waals surface area contributed by atoms with Crippen LogP contribution in [0.4, 0.5) is 0 Å². The van der Waals surface area contributed by atoms with Crippen molar-refractivity contribution < 1.29 is 22.4 Å². The molecule has 5 aromatic rings. The van der Waals surface area contributed by atoms with Gasteiger partial charge in [-0.25, -0.2) is 0 Å². The first-order chi connectivity index (χ1) is 16.8. The molecule has 0 radical (unpaired) electrons. The Bertz CT molecular complexity index is 1330. The summed E-state index contributed by atoms with van der Waals surface area (Å²) in [4.78, 5) is 0. The predicted octanol–water partition coefficient (Wildman–Crippen LogP) is 6.37. The topological polar surface area (TPSA) is 0 Å². The molecule has 1 aliphatic carbocycles. The second kappa shape index (κ2) is 12.0. The molecule has 0 spiro atoms. The molecule has 6 rings (SSSR count). The Labute approximate surface area is 225 Å². The van der Waals surface area contributed by atoms with Crippen LogP contribution in [0.15, 0.2) is 133 Å². The van der Waals surface area contributed by atoms with Gasteiger partial charge >= 0.3 is 22.4 Å². The van der Waals surface area contributed by atoms with E-state index >= 15 is 0 Å². The standard InChI is InChI=1S/C18H15P.C15H9.Au/c1-4-10-16(11-5-1)19(17-12-6-2-7-13-17)18-14-8-3-9-15-18;1-2-11-7-5-9-14-13-8-4-3-6-12(13)10-15(11)14;/h1-15H;3-9H,10H2;/q;-1;+1/p+1. The van der Waals surface area contributed by atoms with E-state index in [4.69, 9.17) is 6.42 Å². The van der Waals surface area contributed by atoms with Gasteiger partial charge in [0.2, 0.25) is 0 Å². The average molecular weight is 650 g/mol. The third-order valence-corrected chi connectivity index (χ3v) is 8.90. The van der Waals surface area contributed by atoms with Crippen molar-refractivity contribution in [1.29, 1.82) is 0 Å². The van der Waals surface area contributed by atoms with Gasteiger partial charge in [-0.3, -0.25) is 5.92 Å². The molecule has 0 heterocycles. The quantitative estimate of drug-likeness (QED) is 0.0906. The maximum absolute atomic E-state index is 7.27. The van der Waals surface area contributed by atoms with Crippen molar-refractivity contribution in [3.8, 4) is 17.0 Å². The first-order valence-corrected chi connectivity index (χ1v) is 13.0. The van der Waals surface area contributed by atoms with E-state index in [0.717, 1.165) is 12.0 Å². The third kappa shape index (κ3) is 5.57. The Morgan fingerprint density at radius 3 is 1.49 bits per heavy atom. The summed E-state index contributed by atoms with van der Waals surface area (Å²) in [6.07, 6.45) is 8.21. The van der Waals surface area contributed by atoms with E-state index in [0.29, 0.717) is 0 Å². The minimum absolute atomic E-state index is 0. The van der Waals surface area contributed by atoms with Crippen LogP contribution in [0, 0.1) is 12.3 Å². The van der Waals surface area contributed by atoms with E-state index < -0.39 is 7.92 Å². The van der Waals surface area contributed by atoms with Gasteiger partial charge in [-0.15, -0.1) is 17.2 Å². The van der Waals surface area contributed by atoms with Gasteiger partial charge in [-0.2, -0.15) is 0 Å². The zero-order valence-corrected chi connectivity index (χ0v) is 22.4. The van der Waals surface area contributed by atoms with Crippen LogP contribution in [0.1, 0.15) is 16.7 Å². The molecule has 5 aromatic carbocycles. The van der Waals surface area contributed by atoms with Crippen LogP contribution in [-0.4, -0.2) is 0 Å². The number of benzene rings is 5. The fourth-order valence-electron chi connectivity index (χ4n) is 4.59. The summed E-state index contributed by atoms with van der Waals surface area (Å²) >= 11 is 0. The molecule has 0 N–H and O–H groups in total. The van der Waals surface area contributed by atoms with Crippen molar-refractivity contribution in [3.63, 3.8) is 0 Å². The fourth-order valence-corrected chi connectivity index (χ4v) is 7.17. The Hall–Kier alpha value is -3.17. The van der Waals surface area contributed by atoms with Gasteiger partial charge in [0.15, 0.2) is 0 Å². The Balaban J connectivity index is 0.000000164. The second-order valence-corrected chi connectivity index (χ2v) is 10.7. The maximum atomic E-state index is 7.27. The Kier molecular flexibility index (Phi) is 8.54. The molecule has 0 aliphatic heterocycles. The zero-order valence-electron chi connectivity index (χ0n) is 19.2. The van der Waals surface area contributed by atoms with Crippen LogP contribution < -0.4 is 15.9 Å².